The number of rotatable bonds is 4. The molecule has 1 aliphatic heterocycles. The minimum Gasteiger partial charge on any atom is -0.426 e. The number of carbonyl (C=O) groups excluding carboxylic acids is 1. The topological polar surface area (TPSA) is 26.3 Å². The first-order valence-corrected chi connectivity index (χ1v) is 5.80. The molecule has 0 saturated heterocycles. The van der Waals surface area contributed by atoms with Crippen LogP contribution in [0.1, 0.15) is 31.7 Å². The quantitative estimate of drug-likeness (QED) is 0.721. The number of ether oxygens (including phenoxy) is 1. The number of carbonyl (C=O) groups is 1. The standard InChI is InChI=1S/C14H16O2/c1-2-3-7-12-10-13(16-14(12)15)11-8-5-4-6-9-11/h4-6,8-10,12H,2-3,7H2,1H3. The predicted molar refractivity (Wildman–Crippen MR) is 63.5 cm³/mol. The molecule has 1 atom stereocenters. The number of unbranched alkanes of at least 4 members (excludes halogenated alkanes) is 1. The van der Waals surface area contributed by atoms with E-state index in [-0.39, 0.29) is 11.9 Å². The Morgan fingerprint density at radius 2 is 2.00 bits per heavy atom. The first-order valence-electron chi connectivity index (χ1n) is 5.80. The molecule has 1 unspecified atom stereocenters. The number of benzene rings is 1. The molecule has 2 nitrogen and oxygen atoms in total. The van der Waals surface area contributed by atoms with E-state index in [0.717, 1.165) is 24.8 Å². The Labute approximate surface area is 95.9 Å². The van der Waals surface area contributed by atoms with Crippen molar-refractivity contribution in [1.29, 1.82) is 0 Å². The molecule has 1 aliphatic rings. The van der Waals surface area contributed by atoms with Gasteiger partial charge in [-0.1, -0.05) is 50.1 Å². The van der Waals surface area contributed by atoms with Crippen molar-refractivity contribution in [3.05, 3.63) is 42.0 Å². The van der Waals surface area contributed by atoms with Gasteiger partial charge in [-0.05, 0) is 12.5 Å². The van der Waals surface area contributed by atoms with Crippen LogP contribution in [0.5, 0.6) is 0 Å². The van der Waals surface area contributed by atoms with Gasteiger partial charge >= 0.3 is 5.97 Å². The van der Waals surface area contributed by atoms with Crippen LogP contribution in [0.3, 0.4) is 0 Å². The summed E-state index contributed by atoms with van der Waals surface area (Å²) >= 11 is 0. The van der Waals surface area contributed by atoms with Gasteiger partial charge in [0.05, 0.1) is 5.92 Å². The van der Waals surface area contributed by atoms with Crippen molar-refractivity contribution < 1.29 is 9.53 Å². The van der Waals surface area contributed by atoms with E-state index in [0.29, 0.717) is 5.76 Å². The van der Waals surface area contributed by atoms with Crippen LogP contribution >= 0.6 is 0 Å². The summed E-state index contributed by atoms with van der Waals surface area (Å²) in [6, 6.07) is 9.77. The van der Waals surface area contributed by atoms with Crippen LogP contribution in [0.15, 0.2) is 36.4 Å². The number of cyclic esters (lactones) is 1. The molecule has 0 radical (unpaired) electrons. The fourth-order valence-corrected chi connectivity index (χ4v) is 1.85. The summed E-state index contributed by atoms with van der Waals surface area (Å²) in [6.45, 7) is 2.13. The maximum Gasteiger partial charge on any atom is 0.318 e. The molecule has 84 valence electrons. The monoisotopic (exact) mass is 216 g/mol. The summed E-state index contributed by atoms with van der Waals surface area (Å²) in [5, 5.41) is 0. The van der Waals surface area contributed by atoms with Gasteiger partial charge in [0.25, 0.3) is 0 Å². The molecule has 2 rings (SSSR count). The molecular weight excluding hydrogens is 200 g/mol. The third kappa shape index (κ3) is 2.32. The highest BCUT2D eigenvalue weighted by Crippen LogP contribution is 2.28. The third-order valence-electron chi connectivity index (χ3n) is 2.79. The van der Waals surface area contributed by atoms with Crippen LogP contribution in [0.2, 0.25) is 0 Å². The van der Waals surface area contributed by atoms with E-state index >= 15 is 0 Å². The molecule has 0 amide bonds. The van der Waals surface area contributed by atoms with Gasteiger partial charge in [0.2, 0.25) is 0 Å². The molecule has 1 aromatic carbocycles. The Morgan fingerprint density at radius 1 is 1.25 bits per heavy atom. The molecular formula is C14H16O2. The zero-order valence-electron chi connectivity index (χ0n) is 9.48. The van der Waals surface area contributed by atoms with Crippen LogP contribution in [-0.2, 0) is 9.53 Å². The van der Waals surface area contributed by atoms with Crippen molar-refractivity contribution in [3.63, 3.8) is 0 Å². The molecule has 0 spiro atoms. The Bertz CT molecular complexity index is 392. The maximum atomic E-state index is 11.6. The van der Waals surface area contributed by atoms with E-state index in [9.17, 15) is 4.79 Å². The molecule has 2 heteroatoms. The van der Waals surface area contributed by atoms with Crippen LogP contribution in [0.25, 0.3) is 5.76 Å². The van der Waals surface area contributed by atoms with E-state index in [1.165, 1.54) is 0 Å². The Morgan fingerprint density at radius 3 is 2.69 bits per heavy atom. The SMILES string of the molecule is CCCCC1C=C(c2ccccc2)OC1=O. The van der Waals surface area contributed by atoms with Gasteiger partial charge in [0.15, 0.2) is 0 Å². The van der Waals surface area contributed by atoms with Crippen LogP contribution < -0.4 is 0 Å². The van der Waals surface area contributed by atoms with Crippen molar-refractivity contribution >= 4 is 11.7 Å². The van der Waals surface area contributed by atoms with Crippen molar-refractivity contribution in [2.45, 2.75) is 26.2 Å². The van der Waals surface area contributed by atoms with Gasteiger partial charge in [0, 0.05) is 5.56 Å². The Balaban J connectivity index is 2.10. The second kappa shape index (κ2) is 4.97. The molecule has 1 heterocycles. The Kier molecular flexibility index (Phi) is 3.40. The minimum atomic E-state index is -0.104. The molecule has 0 aromatic heterocycles. The smallest absolute Gasteiger partial charge is 0.318 e. The number of esters is 1. The summed E-state index contributed by atoms with van der Waals surface area (Å²) in [7, 11) is 0. The fraction of sp³-hybridized carbons (Fsp3) is 0.357. The molecule has 0 N–H and O–H groups in total. The first-order chi connectivity index (χ1) is 7.81. The number of hydrogen-bond acceptors (Lipinski definition) is 2. The molecule has 0 fully saturated rings. The first kappa shape index (κ1) is 10.9. The van der Waals surface area contributed by atoms with Gasteiger partial charge in [0.1, 0.15) is 5.76 Å². The van der Waals surface area contributed by atoms with Crippen LogP contribution in [0.4, 0.5) is 0 Å². The molecule has 0 bridgehead atoms. The maximum absolute atomic E-state index is 11.6. The third-order valence-corrected chi connectivity index (χ3v) is 2.79. The fourth-order valence-electron chi connectivity index (χ4n) is 1.85. The van der Waals surface area contributed by atoms with Gasteiger partial charge in [-0.25, -0.2) is 0 Å². The lowest BCUT2D eigenvalue weighted by atomic mass is 10.0. The normalized spacial score (nSPS) is 19.4. The molecule has 1 aromatic rings. The van der Waals surface area contributed by atoms with Crippen LogP contribution in [0, 0.1) is 5.92 Å². The molecule has 0 aliphatic carbocycles. The summed E-state index contributed by atoms with van der Waals surface area (Å²) in [5.41, 5.74) is 0.981. The van der Waals surface area contributed by atoms with Gasteiger partial charge in [-0.2, -0.15) is 0 Å². The average molecular weight is 216 g/mol. The van der Waals surface area contributed by atoms with E-state index in [1.54, 1.807) is 0 Å². The largest absolute Gasteiger partial charge is 0.426 e. The highest BCUT2D eigenvalue weighted by molar-refractivity contribution is 5.87. The zero-order valence-corrected chi connectivity index (χ0v) is 9.48. The highest BCUT2D eigenvalue weighted by Gasteiger charge is 2.26. The van der Waals surface area contributed by atoms with Gasteiger partial charge in [-0.3, -0.25) is 4.79 Å². The van der Waals surface area contributed by atoms with Crippen molar-refractivity contribution in [3.8, 4) is 0 Å². The van der Waals surface area contributed by atoms with E-state index in [4.69, 9.17) is 4.74 Å². The van der Waals surface area contributed by atoms with Crippen molar-refractivity contribution in [2.24, 2.45) is 5.92 Å². The van der Waals surface area contributed by atoms with Crippen molar-refractivity contribution in [1.82, 2.24) is 0 Å². The lowest BCUT2D eigenvalue weighted by Gasteiger charge is -2.02. The minimum absolute atomic E-state index is 0.0462. The molecule has 0 saturated carbocycles. The average Bonchev–Trinajstić information content (AvgIpc) is 2.69. The second-order valence-corrected chi connectivity index (χ2v) is 4.07. The van der Waals surface area contributed by atoms with E-state index in [2.05, 4.69) is 6.92 Å². The lowest BCUT2D eigenvalue weighted by molar-refractivity contribution is -0.138. The Hall–Kier alpha value is -1.57. The van der Waals surface area contributed by atoms with Crippen LogP contribution in [-0.4, -0.2) is 5.97 Å². The van der Waals surface area contributed by atoms with Crippen molar-refractivity contribution in [2.75, 3.05) is 0 Å². The van der Waals surface area contributed by atoms with Gasteiger partial charge < -0.3 is 4.74 Å². The summed E-state index contributed by atoms with van der Waals surface area (Å²) < 4.78 is 5.28. The lowest BCUT2D eigenvalue weighted by Crippen LogP contribution is -2.07. The second-order valence-electron chi connectivity index (χ2n) is 4.07. The number of hydrogen-bond donors (Lipinski definition) is 0. The van der Waals surface area contributed by atoms with E-state index < -0.39 is 0 Å². The van der Waals surface area contributed by atoms with Gasteiger partial charge in [-0.15, -0.1) is 0 Å². The summed E-state index contributed by atoms with van der Waals surface area (Å²) in [6.07, 6.45) is 5.02. The van der Waals surface area contributed by atoms with E-state index in [1.807, 2.05) is 36.4 Å². The predicted octanol–water partition coefficient (Wildman–Crippen LogP) is 3.39. The highest BCUT2D eigenvalue weighted by atomic mass is 16.5. The summed E-state index contributed by atoms with van der Waals surface area (Å²) in [4.78, 5) is 11.6. The summed E-state index contributed by atoms with van der Waals surface area (Å²) in [5.74, 6) is 0.564. The molecule has 16 heavy (non-hydrogen) atoms. The zero-order chi connectivity index (χ0) is 11.4.